The molecule has 0 spiro atoms. The van der Waals surface area contributed by atoms with Gasteiger partial charge >= 0.3 is 6.18 Å². The van der Waals surface area contributed by atoms with Gasteiger partial charge in [0, 0.05) is 6.54 Å². The van der Waals surface area contributed by atoms with Gasteiger partial charge in [-0.15, -0.1) is 0 Å². The molecule has 1 aliphatic heterocycles. The van der Waals surface area contributed by atoms with Crippen molar-refractivity contribution in [3.05, 3.63) is 18.2 Å². The quantitative estimate of drug-likeness (QED) is 0.903. The number of nitrogens with zero attached hydrogens (tertiary/aromatic N) is 1. The van der Waals surface area contributed by atoms with Gasteiger partial charge in [-0.05, 0) is 18.6 Å². The third kappa shape index (κ3) is 2.07. The standard InChI is InChI=1S/C12H15F3N2O/c1-3-7-17-8-5-4-6-9(18-2)10(8)16-11(17)12(13,14)15/h4-6,11,16H,3,7H2,1-2H3. The first kappa shape index (κ1) is 12.9. The van der Waals surface area contributed by atoms with Crippen LogP contribution in [0.5, 0.6) is 5.75 Å². The van der Waals surface area contributed by atoms with E-state index in [2.05, 4.69) is 5.32 Å². The van der Waals surface area contributed by atoms with Crippen LogP contribution >= 0.6 is 0 Å². The van der Waals surface area contributed by atoms with Crippen LogP contribution in [0.3, 0.4) is 0 Å². The highest BCUT2D eigenvalue weighted by molar-refractivity contribution is 5.81. The average molecular weight is 260 g/mol. The number of hydrogen-bond acceptors (Lipinski definition) is 3. The van der Waals surface area contributed by atoms with Crippen LogP contribution in [0.2, 0.25) is 0 Å². The molecule has 0 amide bonds. The predicted molar refractivity (Wildman–Crippen MR) is 64.1 cm³/mol. The topological polar surface area (TPSA) is 24.5 Å². The van der Waals surface area contributed by atoms with Crippen LogP contribution in [0.4, 0.5) is 24.5 Å². The highest BCUT2D eigenvalue weighted by Gasteiger charge is 2.48. The van der Waals surface area contributed by atoms with Gasteiger partial charge in [0.05, 0.1) is 12.8 Å². The van der Waals surface area contributed by atoms with Gasteiger partial charge < -0.3 is 15.0 Å². The Morgan fingerprint density at radius 2 is 2.11 bits per heavy atom. The molecule has 1 aromatic carbocycles. The summed E-state index contributed by atoms with van der Waals surface area (Å²) in [6.07, 6.45) is -5.35. The molecule has 0 saturated carbocycles. The number of ether oxygens (including phenoxy) is 1. The zero-order valence-electron chi connectivity index (χ0n) is 10.2. The van der Waals surface area contributed by atoms with Crippen molar-refractivity contribution in [3.63, 3.8) is 0 Å². The van der Waals surface area contributed by atoms with E-state index in [1.807, 2.05) is 6.92 Å². The maximum Gasteiger partial charge on any atom is 0.427 e. The molecule has 1 atom stereocenters. The molecule has 6 heteroatoms. The van der Waals surface area contributed by atoms with Gasteiger partial charge in [0.2, 0.25) is 0 Å². The summed E-state index contributed by atoms with van der Waals surface area (Å²) in [7, 11) is 1.45. The number of benzene rings is 1. The van der Waals surface area contributed by atoms with Crippen molar-refractivity contribution in [2.75, 3.05) is 23.9 Å². The average Bonchev–Trinajstić information content (AvgIpc) is 2.68. The van der Waals surface area contributed by atoms with Crippen molar-refractivity contribution in [2.45, 2.75) is 25.7 Å². The first-order valence-electron chi connectivity index (χ1n) is 5.76. The van der Waals surface area contributed by atoms with Crippen LogP contribution < -0.4 is 15.0 Å². The Bertz CT molecular complexity index is 434. The second kappa shape index (κ2) is 4.59. The molecule has 0 aliphatic carbocycles. The highest BCUT2D eigenvalue weighted by Crippen LogP contribution is 2.45. The van der Waals surface area contributed by atoms with Crippen molar-refractivity contribution in [3.8, 4) is 5.75 Å². The fourth-order valence-electron chi connectivity index (χ4n) is 2.18. The van der Waals surface area contributed by atoms with Gasteiger partial charge in [-0.3, -0.25) is 0 Å². The molecule has 18 heavy (non-hydrogen) atoms. The Hall–Kier alpha value is -1.59. The van der Waals surface area contributed by atoms with E-state index in [1.165, 1.54) is 12.0 Å². The van der Waals surface area contributed by atoms with Crippen LogP contribution in [0.1, 0.15) is 13.3 Å². The Labute approximate surface area is 104 Å². The van der Waals surface area contributed by atoms with E-state index < -0.39 is 12.3 Å². The molecule has 0 saturated heterocycles. The lowest BCUT2D eigenvalue weighted by molar-refractivity contribution is -0.141. The fourth-order valence-corrected chi connectivity index (χ4v) is 2.18. The molecule has 1 heterocycles. The van der Waals surface area contributed by atoms with Crippen molar-refractivity contribution < 1.29 is 17.9 Å². The van der Waals surface area contributed by atoms with E-state index in [0.717, 1.165) is 0 Å². The molecule has 0 radical (unpaired) electrons. The van der Waals surface area contributed by atoms with E-state index in [1.54, 1.807) is 18.2 Å². The molecule has 1 aromatic rings. The van der Waals surface area contributed by atoms with Crippen LogP contribution in [0.15, 0.2) is 18.2 Å². The van der Waals surface area contributed by atoms with E-state index >= 15 is 0 Å². The minimum atomic E-state index is -4.32. The summed E-state index contributed by atoms with van der Waals surface area (Å²) in [4.78, 5) is 1.33. The highest BCUT2D eigenvalue weighted by atomic mass is 19.4. The molecule has 1 N–H and O–H groups in total. The van der Waals surface area contributed by atoms with Gasteiger partial charge in [-0.1, -0.05) is 13.0 Å². The summed E-state index contributed by atoms with van der Waals surface area (Å²) in [5.41, 5.74) is 0.953. The fraction of sp³-hybridized carbons (Fsp3) is 0.500. The second-order valence-corrected chi connectivity index (χ2v) is 4.14. The normalized spacial score (nSPS) is 18.5. The summed E-state index contributed by atoms with van der Waals surface area (Å²) >= 11 is 0. The number of nitrogens with one attached hydrogen (secondary N) is 1. The Balaban J connectivity index is 2.42. The lowest BCUT2D eigenvalue weighted by Gasteiger charge is -2.27. The summed E-state index contributed by atoms with van der Waals surface area (Å²) in [5, 5.41) is 2.50. The third-order valence-electron chi connectivity index (χ3n) is 2.90. The maximum atomic E-state index is 13.0. The Morgan fingerprint density at radius 3 is 2.67 bits per heavy atom. The zero-order chi connectivity index (χ0) is 13.3. The molecule has 3 nitrogen and oxygen atoms in total. The van der Waals surface area contributed by atoms with Gasteiger partial charge in [-0.25, -0.2) is 0 Å². The minimum absolute atomic E-state index is 0.345. The molecule has 100 valence electrons. The van der Waals surface area contributed by atoms with Crippen LogP contribution in [0, 0.1) is 0 Å². The summed E-state index contributed by atoms with van der Waals surface area (Å²) in [6.45, 7) is 2.20. The van der Waals surface area contributed by atoms with E-state index in [0.29, 0.717) is 30.1 Å². The number of anilines is 2. The van der Waals surface area contributed by atoms with Gasteiger partial charge in [0.25, 0.3) is 0 Å². The molecular formula is C12H15F3N2O. The maximum absolute atomic E-state index is 13.0. The monoisotopic (exact) mass is 260 g/mol. The number of para-hydroxylation sites is 1. The molecule has 0 bridgehead atoms. The number of rotatable bonds is 3. The molecule has 0 fully saturated rings. The molecular weight excluding hydrogens is 245 g/mol. The lowest BCUT2D eigenvalue weighted by atomic mass is 10.2. The number of methoxy groups -OCH3 is 1. The first-order chi connectivity index (χ1) is 8.49. The van der Waals surface area contributed by atoms with Gasteiger partial charge in [0.1, 0.15) is 11.4 Å². The third-order valence-corrected chi connectivity index (χ3v) is 2.90. The molecule has 1 aliphatic rings. The van der Waals surface area contributed by atoms with E-state index in [-0.39, 0.29) is 0 Å². The van der Waals surface area contributed by atoms with Crippen molar-refractivity contribution >= 4 is 11.4 Å². The number of fused-ring (bicyclic) bond motifs is 1. The second-order valence-electron chi connectivity index (χ2n) is 4.14. The predicted octanol–water partition coefficient (Wildman–Crippen LogP) is 3.23. The van der Waals surface area contributed by atoms with Gasteiger partial charge in [0.15, 0.2) is 6.17 Å². The van der Waals surface area contributed by atoms with E-state index in [9.17, 15) is 13.2 Å². The SMILES string of the molecule is CCCN1c2cccc(OC)c2NC1C(F)(F)F. The lowest BCUT2D eigenvalue weighted by Crippen LogP contribution is -2.47. The smallest absolute Gasteiger partial charge is 0.427 e. The van der Waals surface area contributed by atoms with Crippen molar-refractivity contribution in [2.24, 2.45) is 0 Å². The van der Waals surface area contributed by atoms with Gasteiger partial charge in [-0.2, -0.15) is 13.2 Å². The molecule has 0 aromatic heterocycles. The number of alkyl halides is 3. The molecule has 1 unspecified atom stereocenters. The van der Waals surface area contributed by atoms with Crippen molar-refractivity contribution in [1.29, 1.82) is 0 Å². The minimum Gasteiger partial charge on any atom is -0.495 e. The summed E-state index contributed by atoms with van der Waals surface area (Å²) in [6, 6.07) is 5.02. The van der Waals surface area contributed by atoms with Crippen LogP contribution in [0.25, 0.3) is 0 Å². The van der Waals surface area contributed by atoms with Crippen LogP contribution in [-0.2, 0) is 0 Å². The summed E-state index contributed by atoms with van der Waals surface area (Å²) < 4.78 is 44.1. The largest absolute Gasteiger partial charge is 0.495 e. The van der Waals surface area contributed by atoms with E-state index in [4.69, 9.17) is 4.74 Å². The Kier molecular flexibility index (Phi) is 3.28. The zero-order valence-corrected chi connectivity index (χ0v) is 10.2. The van der Waals surface area contributed by atoms with Crippen molar-refractivity contribution in [1.82, 2.24) is 0 Å². The summed E-state index contributed by atoms with van der Waals surface area (Å²) in [5.74, 6) is 0.431. The van der Waals surface area contributed by atoms with Crippen LogP contribution in [-0.4, -0.2) is 26.0 Å². The Morgan fingerprint density at radius 1 is 1.39 bits per heavy atom. The number of hydrogen-bond donors (Lipinski definition) is 1. The number of halogens is 3. The first-order valence-corrected chi connectivity index (χ1v) is 5.76. The molecule has 2 rings (SSSR count).